The predicted molar refractivity (Wildman–Crippen MR) is 166 cm³/mol. The first-order valence-corrected chi connectivity index (χ1v) is 15.7. The first-order valence-electron chi connectivity index (χ1n) is 14.8. The third kappa shape index (κ3) is 7.76. The molecular weight excluding hydrogens is 562 g/mol. The molecule has 0 saturated carbocycles. The largest absolute Gasteiger partial charge is 0.390 e. The smallest absolute Gasteiger partial charge is 0.254 e. The zero-order valence-electron chi connectivity index (χ0n) is 24.8. The zero-order valence-corrected chi connectivity index (χ0v) is 25.6. The summed E-state index contributed by atoms with van der Waals surface area (Å²) >= 11 is 1.58. The fourth-order valence-electron chi connectivity index (χ4n) is 5.33. The molecule has 4 aromatic rings. The Morgan fingerprint density at radius 2 is 1.91 bits per heavy atom. The monoisotopic (exact) mass is 601 g/mol. The van der Waals surface area contributed by atoms with E-state index in [1.807, 2.05) is 67.4 Å². The van der Waals surface area contributed by atoms with Crippen molar-refractivity contribution < 1.29 is 19.2 Å². The molecule has 0 aliphatic carbocycles. The van der Waals surface area contributed by atoms with Gasteiger partial charge in [0.1, 0.15) is 10.8 Å². The highest BCUT2D eigenvalue weighted by Crippen LogP contribution is 2.34. The van der Waals surface area contributed by atoms with Crippen molar-refractivity contribution in [2.45, 2.75) is 70.7 Å². The fraction of sp³-hybridized carbons (Fsp3) is 0.394. The molecule has 2 amide bonds. The van der Waals surface area contributed by atoms with E-state index in [4.69, 9.17) is 4.52 Å². The number of carbonyl (C=O) groups excluding carboxylic acids is 2. The Morgan fingerprint density at radius 3 is 2.63 bits per heavy atom. The molecule has 2 aromatic heterocycles. The average molecular weight is 602 g/mol. The van der Waals surface area contributed by atoms with Gasteiger partial charge in [-0.15, -0.1) is 11.3 Å². The van der Waals surface area contributed by atoms with Crippen LogP contribution in [0.15, 0.2) is 70.6 Å². The van der Waals surface area contributed by atoms with Gasteiger partial charge in [0, 0.05) is 53.8 Å². The van der Waals surface area contributed by atoms with Crippen molar-refractivity contribution in [3.05, 3.63) is 105 Å². The van der Waals surface area contributed by atoms with Gasteiger partial charge in [-0.05, 0) is 49.9 Å². The number of carbonyl (C=O) groups is 2. The molecule has 3 atom stereocenters. The maximum Gasteiger partial charge on any atom is 0.254 e. The first-order chi connectivity index (χ1) is 20.8. The van der Waals surface area contributed by atoms with Crippen molar-refractivity contribution in [3.8, 4) is 0 Å². The SMILES string of the molecule is Cc1csc([C@H]2CCCN2C(=O)c2cccc(C(=O)N[C@@H](Cc3ccccc3)[C@H](O)CNCc3cc(C(C)C)on3)c2)n1. The summed E-state index contributed by atoms with van der Waals surface area (Å²) in [5.74, 6) is 0.598. The van der Waals surface area contributed by atoms with Gasteiger partial charge in [0.2, 0.25) is 0 Å². The molecule has 0 unspecified atom stereocenters. The Balaban J connectivity index is 1.26. The number of benzene rings is 2. The zero-order chi connectivity index (χ0) is 30.3. The molecule has 226 valence electrons. The molecule has 5 rings (SSSR count). The van der Waals surface area contributed by atoms with E-state index < -0.39 is 12.1 Å². The Hall–Kier alpha value is -3.86. The number of hydrogen-bond donors (Lipinski definition) is 3. The van der Waals surface area contributed by atoms with Crippen molar-refractivity contribution in [2.24, 2.45) is 0 Å². The minimum absolute atomic E-state index is 0.0456. The second-order valence-electron chi connectivity index (χ2n) is 11.4. The van der Waals surface area contributed by atoms with Crippen molar-refractivity contribution >= 4 is 23.2 Å². The lowest BCUT2D eigenvalue weighted by atomic mass is 10.00. The quantitative estimate of drug-likeness (QED) is 0.208. The van der Waals surface area contributed by atoms with Crippen LogP contribution in [0.1, 0.15) is 87.1 Å². The van der Waals surface area contributed by atoms with Crippen molar-refractivity contribution in [2.75, 3.05) is 13.1 Å². The number of hydrogen-bond acceptors (Lipinski definition) is 8. The van der Waals surface area contributed by atoms with Gasteiger partial charge < -0.3 is 25.2 Å². The summed E-state index contributed by atoms with van der Waals surface area (Å²) in [4.78, 5) is 33.5. The van der Waals surface area contributed by atoms with Gasteiger partial charge in [-0.1, -0.05) is 55.4 Å². The van der Waals surface area contributed by atoms with Gasteiger partial charge >= 0.3 is 0 Å². The molecule has 1 aliphatic heterocycles. The summed E-state index contributed by atoms with van der Waals surface area (Å²) in [7, 11) is 0. The maximum atomic E-state index is 13.6. The number of aliphatic hydroxyl groups is 1. The highest BCUT2D eigenvalue weighted by atomic mass is 32.1. The lowest BCUT2D eigenvalue weighted by molar-refractivity contribution is 0.0735. The van der Waals surface area contributed by atoms with Crippen LogP contribution in [0.25, 0.3) is 0 Å². The molecule has 10 heteroatoms. The maximum absolute atomic E-state index is 13.6. The second-order valence-corrected chi connectivity index (χ2v) is 12.3. The fourth-order valence-corrected chi connectivity index (χ4v) is 6.27. The van der Waals surface area contributed by atoms with Crippen LogP contribution in [-0.4, -0.2) is 57.2 Å². The van der Waals surface area contributed by atoms with Gasteiger partial charge in [-0.2, -0.15) is 0 Å². The van der Waals surface area contributed by atoms with Crippen LogP contribution in [0.5, 0.6) is 0 Å². The van der Waals surface area contributed by atoms with E-state index >= 15 is 0 Å². The summed E-state index contributed by atoms with van der Waals surface area (Å²) in [6.07, 6.45) is 1.36. The molecule has 0 spiro atoms. The van der Waals surface area contributed by atoms with E-state index in [9.17, 15) is 14.7 Å². The van der Waals surface area contributed by atoms with E-state index in [-0.39, 0.29) is 30.3 Å². The number of likely N-dealkylation sites (tertiary alicyclic amines) is 1. The molecule has 3 N–H and O–H groups in total. The Bertz CT molecular complexity index is 1520. The highest BCUT2D eigenvalue weighted by Gasteiger charge is 2.33. The summed E-state index contributed by atoms with van der Waals surface area (Å²) in [6, 6.07) is 17.8. The van der Waals surface area contributed by atoms with Gasteiger partial charge in [-0.3, -0.25) is 9.59 Å². The molecule has 9 nitrogen and oxygen atoms in total. The number of amides is 2. The van der Waals surface area contributed by atoms with Crippen LogP contribution < -0.4 is 10.6 Å². The van der Waals surface area contributed by atoms with Crippen LogP contribution in [0.3, 0.4) is 0 Å². The predicted octanol–water partition coefficient (Wildman–Crippen LogP) is 5.03. The molecule has 43 heavy (non-hydrogen) atoms. The van der Waals surface area contributed by atoms with Crippen LogP contribution in [-0.2, 0) is 13.0 Å². The lowest BCUT2D eigenvalue weighted by Crippen LogP contribution is -2.48. The van der Waals surface area contributed by atoms with Crippen molar-refractivity contribution in [1.29, 1.82) is 0 Å². The van der Waals surface area contributed by atoms with E-state index in [1.54, 1.807) is 35.6 Å². The molecule has 3 heterocycles. The topological polar surface area (TPSA) is 121 Å². The second kappa shape index (κ2) is 14.1. The number of nitrogens with zero attached hydrogens (tertiary/aromatic N) is 3. The minimum Gasteiger partial charge on any atom is -0.390 e. The molecule has 1 fully saturated rings. The van der Waals surface area contributed by atoms with Crippen molar-refractivity contribution in [3.63, 3.8) is 0 Å². The number of aryl methyl sites for hydroxylation is 1. The van der Waals surface area contributed by atoms with E-state index in [2.05, 4.69) is 20.8 Å². The van der Waals surface area contributed by atoms with Gasteiger partial charge in [0.25, 0.3) is 11.8 Å². The van der Waals surface area contributed by atoms with Crippen molar-refractivity contribution in [1.82, 2.24) is 25.7 Å². The third-order valence-corrected chi connectivity index (χ3v) is 8.76. The van der Waals surface area contributed by atoms with Gasteiger partial charge in [0.05, 0.1) is 23.9 Å². The molecule has 1 saturated heterocycles. The molecule has 1 aliphatic rings. The normalized spacial score (nSPS) is 16.4. The summed E-state index contributed by atoms with van der Waals surface area (Å²) in [5, 5.41) is 24.5. The van der Waals surface area contributed by atoms with E-state index in [0.717, 1.165) is 40.6 Å². The van der Waals surface area contributed by atoms with Gasteiger partial charge in [-0.25, -0.2) is 4.98 Å². The van der Waals surface area contributed by atoms with Gasteiger partial charge in [0.15, 0.2) is 0 Å². The van der Waals surface area contributed by atoms with Crippen LogP contribution >= 0.6 is 11.3 Å². The first kappa shape index (κ1) is 30.6. The van der Waals surface area contributed by atoms with E-state index in [0.29, 0.717) is 30.6 Å². The third-order valence-electron chi connectivity index (χ3n) is 7.69. The molecule has 0 radical (unpaired) electrons. The van der Waals surface area contributed by atoms with Crippen LogP contribution in [0.2, 0.25) is 0 Å². The number of nitrogens with one attached hydrogen (secondary N) is 2. The number of rotatable bonds is 12. The number of thiazole rings is 1. The Kier molecular flexibility index (Phi) is 10.0. The average Bonchev–Trinajstić information content (AvgIpc) is 3.78. The number of aromatic nitrogens is 2. The minimum atomic E-state index is -0.877. The molecule has 2 aromatic carbocycles. The summed E-state index contributed by atoms with van der Waals surface area (Å²) in [6.45, 7) is 7.37. The highest BCUT2D eigenvalue weighted by molar-refractivity contribution is 7.09. The Morgan fingerprint density at radius 1 is 1.12 bits per heavy atom. The van der Waals surface area contributed by atoms with Crippen LogP contribution in [0, 0.1) is 6.92 Å². The Labute approximate surface area is 256 Å². The standard InChI is InChI=1S/C33H39N5O4S/c1-21(2)30-17-26(37-42-30)18-34-19-29(39)27(15-23-9-5-4-6-10-23)36-31(40)24-11-7-12-25(16-24)33(41)38-14-8-13-28(38)32-35-22(3)20-43-32/h4-7,9-12,16-17,20-21,27-29,34,39H,8,13-15,18-19H2,1-3H3,(H,36,40)/t27-,28+,29+/m0/s1. The molecular formula is C33H39N5O4S. The number of aliphatic hydroxyl groups excluding tert-OH is 1. The lowest BCUT2D eigenvalue weighted by Gasteiger charge is -2.25. The summed E-state index contributed by atoms with van der Waals surface area (Å²) in [5.41, 5.74) is 3.54. The summed E-state index contributed by atoms with van der Waals surface area (Å²) < 4.78 is 5.36. The van der Waals surface area contributed by atoms with E-state index in [1.165, 1.54) is 0 Å². The molecule has 0 bridgehead atoms. The van der Waals surface area contributed by atoms with Crippen LogP contribution in [0.4, 0.5) is 0 Å².